The van der Waals surface area contributed by atoms with Gasteiger partial charge < -0.3 is 19.5 Å². The minimum absolute atomic E-state index is 0.0795. The Bertz CT molecular complexity index is 699. The van der Waals surface area contributed by atoms with Crippen molar-refractivity contribution in [3.63, 3.8) is 0 Å². The van der Waals surface area contributed by atoms with Crippen molar-refractivity contribution in [3.05, 3.63) is 41.5 Å². The number of carbonyl (C=O) groups excluding carboxylic acids is 1. The van der Waals surface area contributed by atoms with Gasteiger partial charge in [-0.05, 0) is 50.2 Å². The third kappa shape index (κ3) is 4.36. The van der Waals surface area contributed by atoms with Gasteiger partial charge in [-0.25, -0.2) is 0 Å². The minimum atomic E-state index is 0.0795. The summed E-state index contributed by atoms with van der Waals surface area (Å²) in [6, 6.07) is 7.21. The number of likely N-dealkylation sites (tertiary alicyclic amines) is 1. The molecule has 1 aromatic heterocycles. The normalized spacial score (nSPS) is 17.0. The Morgan fingerprint density at radius 3 is 2.88 bits per heavy atom. The lowest BCUT2D eigenvalue weighted by atomic mass is 10.1. The molecule has 2 aromatic rings. The molecule has 1 aliphatic heterocycles. The average molecular weight is 344 g/mol. The Kier molecular flexibility index (Phi) is 5.65. The van der Waals surface area contributed by atoms with Crippen LogP contribution in [-0.2, 0) is 13.0 Å². The fraction of sp³-hybridized carbons (Fsp3) is 0.500. The maximum Gasteiger partial charge on any atom is 0.253 e. The van der Waals surface area contributed by atoms with Gasteiger partial charge in [-0.1, -0.05) is 12.1 Å². The van der Waals surface area contributed by atoms with E-state index < -0.39 is 0 Å². The molecule has 3 rings (SSSR count). The summed E-state index contributed by atoms with van der Waals surface area (Å²) in [6.45, 7) is 4.78. The predicted octanol–water partition coefficient (Wildman–Crippen LogP) is 1.89. The predicted molar refractivity (Wildman–Crippen MR) is 92.4 cm³/mol. The molecule has 134 valence electrons. The van der Waals surface area contributed by atoms with Crippen molar-refractivity contribution in [2.75, 3.05) is 26.7 Å². The van der Waals surface area contributed by atoms with E-state index in [1.807, 2.05) is 18.9 Å². The zero-order valence-corrected chi connectivity index (χ0v) is 14.7. The standard InChI is InChI=1S/C18H24N4O3/c1-3-17-20-16(21-25-17)12-24-15-6-4-14(5-7-15)18(23)22-9-8-13(11-22)10-19-2/h4-7,13,19H,3,8-12H2,1-2H3/t13-/m1/s1. The highest BCUT2D eigenvalue weighted by atomic mass is 16.5. The van der Waals surface area contributed by atoms with Crippen LogP contribution in [0.5, 0.6) is 5.75 Å². The van der Waals surface area contributed by atoms with Crippen LogP contribution in [-0.4, -0.2) is 47.6 Å². The molecule has 0 unspecified atom stereocenters. The Morgan fingerprint density at radius 1 is 1.40 bits per heavy atom. The molecule has 1 N–H and O–H groups in total. The highest BCUT2D eigenvalue weighted by Crippen LogP contribution is 2.20. The molecular weight excluding hydrogens is 320 g/mol. The van der Waals surface area contributed by atoms with E-state index in [-0.39, 0.29) is 12.5 Å². The van der Waals surface area contributed by atoms with Crippen LogP contribution >= 0.6 is 0 Å². The van der Waals surface area contributed by atoms with Crippen molar-refractivity contribution in [1.29, 1.82) is 0 Å². The molecule has 1 atom stereocenters. The Labute approximate surface area is 147 Å². The van der Waals surface area contributed by atoms with Crippen molar-refractivity contribution < 1.29 is 14.1 Å². The smallest absolute Gasteiger partial charge is 0.253 e. The maximum atomic E-state index is 12.6. The topological polar surface area (TPSA) is 80.5 Å². The molecule has 0 saturated carbocycles. The van der Waals surface area contributed by atoms with Crippen molar-refractivity contribution in [1.82, 2.24) is 20.4 Å². The molecule has 0 bridgehead atoms. The lowest BCUT2D eigenvalue weighted by molar-refractivity contribution is 0.0787. The molecule has 0 aliphatic carbocycles. The highest BCUT2D eigenvalue weighted by molar-refractivity contribution is 5.94. The number of carbonyl (C=O) groups is 1. The van der Waals surface area contributed by atoms with Crippen LogP contribution in [0.1, 0.15) is 35.4 Å². The van der Waals surface area contributed by atoms with E-state index in [9.17, 15) is 4.79 Å². The van der Waals surface area contributed by atoms with Crippen LogP contribution < -0.4 is 10.1 Å². The lowest BCUT2D eigenvalue weighted by Crippen LogP contribution is -2.30. The Morgan fingerprint density at radius 2 is 2.20 bits per heavy atom. The highest BCUT2D eigenvalue weighted by Gasteiger charge is 2.26. The van der Waals surface area contributed by atoms with E-state index in [0.717, 1.165) is 26.1 Å². The summed E-state index contributed by atoms with van der Waals surface area (Å²) in [5.74, 6) is 2.41. The first-order chi connectivity index (χ1) is 12.2. The molecule has 1 amide bonds. The molecule has 0 spiro atoms. The van der Waals surface area contributed by atoms with E-state index in [0.29, 0.717) is 35.4 Å². The van der Waals surface area contributed by atoms with Gasteiger partial charge in [0.1, 0.15) is 5.75 Å². The first-order valence-corrected chi connectivity index (χ1v) is 8.67. The molecule has 25 heavy (non-hydrogen) atoms. The quantitative estimate of drug-likeness (QED) is 0.826. The number of ether oxygens (including phenoxy) is 1. The summed E-state index contributed by atoms with van der Waals surface area (Å²) in [5.41, 5.74) is 0.685. The van der Waals surface area contributed by atoms with Gasteiger partial charge in [-0.2, -0.15) is 4.98 Å². The maximum absolute atomic E-state index is 12.6. The summed E-state index contributed by atoms with van der Waals surface area (Å²) in [5, 5.41) is 7.02. The lowest BCUT2D eigenvalue weighted by Gasteiger charge is -2.16. The van der Waals surface area contributed by atoms with Crippen LogP contribution in [0.3, 0.4) is 0 Å². The number of aryl methyl sites for hydroxylation is 1. The zero-order chi connectivity index (χ0) is 17.6. The number of nitrogens with zero attached hydrogens (tertiary/aromatic N) is 3. The van der Waals surface area contributed by atoms with Crippen molar-refractivity contribution >= 4 is 5.91 Å². The molecule has 2 heterocycles. The van der Waals surface area contributed by atoms with Gasteiger partial charge in [0, 0.05) is 25.1 Å². The van der Waals surface area contributed by atoms with Crippen LogP contribution in [0, 0.1) is 5.92 Å². The van der Waals surface area contributed by atoms with E-state index in [1.165, 1.54) is 0 Å². The molecule has 1 saturated heterocycles. The first-order valence-electron chi connectivity index (χ1n) is 8.67. The summed E-state index contributed by atoms with van der Waals surface area (Å²) in [6.07, 6.45) is 1.76. The van der Waals surface area contributed by atoms with Crippen molar-refractivity contribution in [3.8, 4) is 5.75 Å². The average Bonchev–Trinajstić information content (AvgIpc) is 3.29. The van der Waals surface area contributed by atoms with Gasteiger partial charge in [0.25, 0.3) is 5.91 Å². The number of hydrogen-bond acceptors (Lipinski definition) is 6. The van der Waals surface area contributed by atoms with Crippen LogP contribution in [0.15, 0.2) is 28.8 Å². The minimum Gasteiger partial charge on any atom is -0.485 e. The monoisotopic (exact) mass is 344 g/mol. The van der Waals surface area contributed by atoms with Crippen molar-refractivity contribution in [2.45, 2.75) is 26.4 Å². The molecule has 7 nitrogen and oxygen atoms in total. The number of amides is 1. The van der Waals surface area contributed by atoms with Crippen LogP contribution in [0.25, 0.3) is 0 Å². The van der Waals surface area contributed by atoms with Crippen LogP contribution in [0.2, 0.25) is 0 Å². The fourth-order valence-electron chi connectivity index (χ4n) is 2.99. The molecular formula is C18H24N4O3. The summed E-state index contributed by atoms with van der Waals surface area (Å²) < 4.78 is 10.7. The number of rotatable bonds is 7. The molecule has 0 radical (unpaired) electrons. The third-order valence-electron chi connectivity index (χ3n) is 4.35. The second-order valence-corrected chi connectivity index (χ2v) is 6.23. The molecule has 7 heteroatoms. The zero-order valence-electron chi connectivity index (χ0n) is 14.7. The van der Waals surface area contributed by atoms with E-state index >= 15 is 0 Å². The van der Waals surface area contributed by atoms with Crippen molar-refractivity contribution in [2.24, 2.45) is 5.92 Å². The van der Waals surface area contributed by atoms with Crippen LogP contribution in [0.4, 0.5) is 0 Å². The summed E-state index contributed by atoms with van der Waals surface area (Å²) in [4.78, 5) is 18.7. The number of benzene rings is 1. The first kappa shape index (κ1) is 17.4. The number of nitrogens with one attached hydrogen (secondary N) is 1. The van der Waals surface area contributed by atoms with Gasteiger partial charge in [-0.3, -0.25) is 4.79 Å². The van der Waals surface area contributed by atoms with E-state index in [1.54, 1.807) is 24.3 Å². The second-order valence-electron chi connectivity index (χ2n) is 6.23. The summed E-state index contributed by atoms with van der Waals surface area (Å²) >= 11 is 0. The number of aromatic nitrogens is 2. The summed E-state index contributed by atoms with van der Waals surface area (Å²) in [7, 11) is 1.95. The van der Waals surface area contributed by atoms with Gasteiger partial charge in [0.2, 0.25) is 11.7 Å². The molecule has 1 aromatic carbocycles. The molecule has 1 aliphatic rings. The Hall–Kier alpha value is -2.41. The van der Waals surface area contributed by atoms with E-state index in [4.69, 9.17) is 9.26 Å². The fourth-order valence-corrected chi connectivity index (χ4v) is 2.99. The van der Waals surface area contributed by atoms with Gasteiger partial charge in [-0.15, -0.1) is 0 Å². The van der Waals surface area contributed by atoms with Gasteiger partial charge in [0.15, 0.2) is 6.61 Å². The second kappa shape index (κ2) is 8.11. The molecule has 1 fully saturated rings. The van der Waals surface area contributed by atoms with Gasteiger partial charge >= 0.3 is 0 Å². The number of hydrogen-bond donors (Lipinski definition) is 1. The van der Waals surface area contributed by atoms with E-state index in [2.05, 4.69) is 15.5 Å². The SMILES string of the molecule is CCc1nc(COc2ccc(C(=O)N3CC[C@H](CNC)C3)cc2)no1. The van der Waals surface area contributed by atoms with Gasteiger partial charge in [0.05, 0.1) is 0 Å². The third-order valence-corrected chi connectivity index (χ3v) is 4.35. The largest absolute Gasteiger partial charge is 0.485 e. The Balaban J connectivity index is 1.54.